The number of pyridine rings is 1. The van der Waals surface area contributed by atoms with Crippen molar-refractivity contribution in [3.05, 3.63) is 69.7 Å². The van der Waals surface area contributed by atoms with Gasteiger partial charge in [-0.1, -0.05) is 23.4 Å². The summed E-state index contributed by atoms with van der Waals surface area (Å²) >= 11 is 3.32. The average Bonchev–Trinajstić information content (AvgIpc) is 2.98. The number of carbonyl (C=O) groups is 1. The molecule has 1 atom stereocenters. The van der Waals surface area contributed by atoms with Crippen LogP contribution >= 0.6 is 15.9 Å². The molecule has 0 fully saturated rings. The van der Waals surface area contributed by atoms with Gasteiger partial charge in [0.1, 0.15) is 11.5 Å². The Morgan fingerprint density at radius 1 is 1.35 bits per heavy atom. The third-order valence-corrected chi connectivity index (χ3v) is 4.37. The van der Waals surface area contributed by atoms with Gasteiger partial charge in [-0.25, -0.2) is 9.18 Å². The highest BCUT2D eigenvalue weighted by Gasteiger charge is 2.27. The van der Waals surface area contributed by atoms with Gasteiger partial charge in [0.15, 0.2) is 5.76 Å². The molecular formula is C18H15BrFN3O3. The van der Waals surface area contributed by atoms with Gasteiger partial charge in [0.2, 0.25) is 0 Å². The third-order valence-electron chi connectivity index (χ3n) is 3.90. The number of halogens is 2. The summed E-state index contributed by atoms with van der Waals surface area (Å²) in [6.07, 6.45) is 0.500. The smallest absolute Gasteiger partial charge is 0.405 e. The first-order chi connectivity index (χ1) is 12.5. The first kappa shape index (κ1) is 18.1. The summed E-state index contributed by atoms with van der Waals surface area (Å²) in [6.45, 7) is 1.71. The largest absolute Gasteiger partial charge is 0.465 e. The Morgan fingerprint density at radius 3 is 2.77 bits per heavy atom. The fourth-order valence-electron chi connectivity index (χ4n) is 2.74. The van der Waals surface area contributed by atoms with Gasteiger partial charge in [-0.15, -0.1) is 0 Å². The quantitative estimate of drug-likeness (QED) is 0.635. The highest BCUT2D eigenvalue weighted by atomic mass is 79.9. The first-order valence-corrected chi connectivity index (χ1v) is 8.56. The Morgan fingerprint density at radius 2 is 2.12 bits per heavy atom. The van der Waals surface area contributed by atoms with Gasteiger partial charge >= 0.3 is 6.09 Å². The molecule has 1 amide bonds. The van der Waals surface area contributed by atoms with Gasteiger partial charge in [-0.05, 0) is 46.6 Å². The predicted octanol–water partition coefficient (Wildman–Crippen LogP) is 4.50. The minimum Gasteiger partial charge on any atom is -0.465 e. The number of hydrogen-bond donors (Lipinski definition) is 2. The zero-order valence-electron chi connectivity index (χ0n) is 13.7. The van der Waals surface area contributed by atoms with E-state index in [1.165, 1.54) is 6.07 Å². The van der Waals surface area contributed by atoms with E-state index in [1.807, 2.05) is 0 Å². The van der Waals surface area contributed by atoms with Crippen molar-refractivity contribution in [3.63, 3.8) is 0 Å². The second-order valence-electron chi connectivity index (χ2n) is 5.67. The second-order valence-corrected chi connectivity index (χ2v) is 6.59. The summed E-state index contributed by atoms with van der Waals surface area (Å²) < 4.78 is 20.3. The maximum Gasteiger partial charge on any atom is 0.405 e. The van der Waals surface area contributed by atoms with Crippen molar-refractivity contribution in [2.75, 3.05) is 0 Å². The maximum absolute atomic E-state index is 14.1. The summed E-state index contributed by atoms with van der Waals surface area (Å²) in [5, 5.41) is 15.6. The molecule has 0 spiro atoms. The fourth-order valence-corrected chi connectivity index (χ4v) is 2.97. The molecule has 0 aliphatic heterocycles. The van der Waals surface area contributed by atoms with Crippen molar-refractivity contribution in [2.45, 2.75) is 19.4 Å². The highest BCUT2D eigenvalue weighted by Crippen LogP contribution is 2.32. The number of nitrogens with one attached hydrogen (secondary N) is 1. The van der Waals surface area contributed by atoms with Crippen LogP contribution < -0.4 is 5.32 Å². The number of hydrogen-bond acceptors (Lipinski definition) is 4. The van der Waals surface area contributed by atoms with Crippen LogP contribution in [0.1, 0.15) is 22.9 Å². The van der Waals surface area contributed by atoms with Crippen LogP contribution in [0.3, 0.4) is 0 Å². The molecule has 0 bridgehead atoms. The Kier molecular flexibility index (Phi) is 5.32. The van der Waals surface area contributed by atoms with Gasteiger partial charge in [0, 0.05) is 22.7 Å². The van der Waals surface area contributed by atoms with Crippen molar-refractivity contribution in [1.29, 1.82) is 0 Å². The molecule has 2 heterocycles. The van der Waals surface area contributed by atoms with E-state index in [-0.39, 0.29) is 6.42 Å². The number of aromatic nitrogens is 2. The van der Waals surface area contributed by atoms with Gasteiger partial charge in [-0.3, -0.25) is 4.98 Å². The van der Waals surface area contributed by atoms with Gasteiger partial charge in [0.05, 0.1) is 11.7 Å². The summed E-state index contributed by atoms with van der Waals surface area (Å²) in [7, 11) is 0. The predicted molar refractivity (Wildman–Crippen MR) is 96.2 cm³/mol. The van der Waals surface area contributed by atoms with Crippen LogP contribution in [0.15, 0.2) is 51.6 Å². The molecule has 1 aromatic carbocycles. The number of amides is 1. The number of aryl methyl sites for hydroxylation is 1. The van der Waals surface area contributed by atoms with Crippen LogP contribution in [0.2, 0.25) is 0 Å². The lowest BCUT2D eigenvalue weighted by molar-refractivity contribution is 0.189. The second kappa shape index (κ2) is 7.65. The van der Waals surface area contributed by atoms with Crippen LogP contribution in [-0.4, -0.2) is 21.3 Å². The summed E-state index contributed by atoms with van der Waals surface area (Å²) in [6, 6.07) is 9.02. The molecule has 3 aromatic rings. The number of carboxylic acid groups (broad SMARTS) is 1. The number of rotatable bonds is 5. The van der Waals surface area contributed by atoms with Crippen molar-refractivity contribution >= 4 is 22.0 Å². The SMILES string of the molecule is Cc1noc(-c2ccc(Br)cn2)c1[C@@H](Cc1ccccc1F)NC(=O)O. The topological polar surface area (TPSA) is 88.3 Å². The molecular weight excluding hydrogens is 405 g/mol. The van der Waals surface area contributed by atoms with E-state index in [9.17, 15) is 14.3 Å². The standard InChI is InChI=1S/C18H15BrFN3O3/c1-10-16(17(26-23-10)14-7-6-12(19)9-21-14)15(22-18(24)25)8-11-4-2-3-5-13(11)20/h2-7,9,15,22H,8H2,1H3,(H,24,25)/t15-/m1/s1. The Bertz CT molecular complexity index is 928. The van der Waals surface area contributed by atoms with E-state index in [0.717, 1.165) is 4.47 Å². The highest BCUT2D eigenvalue weighted by molar-refractivity contribution is 9.10. The van der Waals surface area contributed by atoms with Crippen molar-refractivity contribution in [3.8, 4) is 11.5 Å². The lowest BCUT2D eigenvalue weighted by Gasteiger charge is -2.18. The molecule has 6 nitrogen and oxygen atoms in total. The molecule has 0 aliphatic rings. The summed E-state index contributed by atoms with van der Waals surface area (Å²) in [5.41, 5.74) is 1.95. The van der Waals surface area contributed by atoms with Crippen LogP contribution in [0.25, 0.3) is 11.5 Å². The van der Waals surface area contributed by atoms with Crippen molar-refractivity contribution < 1.29 is 18.8 Å². The summed E-state index contributed by atoms with van der Waals surface area (Å²) in [4.78, 5) is 15.6. The zero-order chi connectivity index (χ0) is 18.7. The molecule has 2 aromatic heterocycles. The number of benzene rings is 1. The molecule has 134 valence electrons. The normalized spacial score (nSPS) is 12.0. The fraction of sp³-hybridized carbons (Fsp3) is 0.167. The molecule has 0 radical (unpaired) electrons. The number of nitrogens with zero attached hydrogens (tertiary/aromatic N) is 2. The van der Waals surface area contributed by atoms with E-state index in [0.29, 0.717) is 28.3 Å². The minimum absolute atomic E-state index is 0.116. The van der Waals surface area contributed by atoms with Gasteiger partial charge in [-0.2, -0.15) is 0 Å². The first-order valence-electron chi connectivity index (χ1n) is 7.76. The van der Waals surface area contributed by atoms with Crippen molar-refractivity contribution in [2.24, 2.45) is 0 Å². The van der Waals surface area contributed by atoms with E-state index >= 15 is 0 Å². The lowest BCUT2D eigenvalue weighted by Crippen LogP contribution is -2.29. The molecule has 0 aliphatic carbocycles. The molecule has 3 rings (SSSR count). The van der Waals surface area contributed by atoms with Gasteiger partial charge in [0.25, 0.3) is 0 Å². The van der Waals surface area contributed by atoms with Gasteiger partial charge < -0.3 is 14.9 Å². The Balaban J connectivity index is 2.04. The lowest BCUT2D eigenvalue weighted by atomic mass is 9.96. The third kappa shape index (κ3) is 3.91. The molecule has 26 heavy (non-hydrogen) atoms. The average molecular weight is 420 g/mol. The molecule has 0 saturated carbocycles. The molecule has 0 unspecified atom stereocenters. The van der Waals surface area contributed by atoms with Crippen molar-refractivity contribution in [1.82, 2.24) is 15.5 Å². The minimum atomic E-state index is -1.22. The van der Waals surface area contributed by atoms with Crippen LogP contribution in [0.5, 0.6) is 0 Å². The maximum atomic E-state index is 14.1. The Labute approximate surface area is 157 Å². The van der Waals surface area contributed by atoms with E-state index in [4.69, 9.17) is 4.52 Å². The van der Waals surface area contributed by atoms with Crippen LogP contribution in [-0.2, 0) is 6.42 Å². The Hall–Kier alpha value is -2.74. The van der Waals surface area contributed by atoms with E-state index in [2.05, 4.69) is 31.4 Å². The monoisotopic (exact) mass is 419 g/mol. The molecule has 8 heteroatoms. The summed E-state index contributed by atoms with van der Waals surface area (Å²) in [5.74, 6) is -0.0489. The van der Waals surface area contributed by atoms with E-state index < -0.39 is 18.0 Å². The van der Waals surface area contributed by atoms with Crippen LogP contribution in [0.4, 0.5) is 9.18 Å². The molecule has 2 N–H and O–H groups in total. The zero-order valence-corrected chi connectivity index (χ0v) is 15.3. The molecule has 0 saturated heterocycles. The van der Waals surface area contributed by atoms with E-state index in [1.54, 1.807) is 43.5 Å². The van der Waals surface area contributed by atoms with Crippen LogP contribution in [0, 0.1) is 12.7 Å².